The van der Waals surface area contributed by atoms with Crippen LogP contribution in [0.4, 0.5) is 5.69 Å². The van der Waals surface area contributed by atoms with Crippen LogP contribution in [0.2, 0.25) is 10.0 Å². The Bertz CT molecular complexity index is 1140. The SMILES string of the molecule is Cc1cnc2c(NC(=O)c3c(Cl)cccc3Cl)cccc2c1-n1cncn1. The molecule has 1 amide bonds. The number of aromatic nitrogens is 4. The molecule has 0 unspecified atom stereocenters. The second kappa shape index (κ2) is 6.98. The van der Waals surface area contributed by atoms with E-state index in [0.717, 1.165) is 16.6 Å². The Labute approximate surface area is 164 Å². The van der Waals surface area contributed by atoms with Crippen molar-refractivity contribution in [2.45, 2.75) is 6.92 Å². The van der Waals surface area contributed by atoms with E-state index in [9.17, 15) is 4.79 Å². The van der Waals surface area contributed by atoms with Crippen molar-refractivity contribution in [3.8, 4) is 5.69 Å². The number of nitrogens with one attached hydrogen (secondary N) is 1. The van der Waals surface area contributed by atoms with Crippen LogP contribution in [-0.2, 0) is 0 Å². The largest absolute Gasteiger partial charge is 0.320 e. The summed E-state index contributed by atoms with van der Waals surface area (Å²) in [6, 6.07) is 10.5. The molecule has 0 fully saturated rings. The molecule has 4 rings (SSSR count). The standard InChI is InChI=1S/C19H13Cl2N5O/c1-11-8-23-17-12(18(11)26-10-22-9-24-26)4-2-7-15(17)25-19(27)16-13(20)5-3-6-14(16)21/h2-10H,1H3,(H,25,27). The molecule has 4 aromatic rings. The monoisotopic (exact) mass is 397 g/mol. The number of pyridine rings is 1. The molecule has 0 spiro atoms. The van der Waals surface area contributed by atoms with E-state index >= 15 is 0 Å². The summed E-state index contributed by atoms with van der Waals surface area (Å²) in [7, 11) is 0. The van der Waals surface area contributed by atoms with E-state index in [1.807, 2.05) is 19.1 Å². The van der Waals surface area contributed by atoms with Crippen LogP contribution in [0, 0.1) is 6.92 Å². The number of carbonyl (C=O) groups is 1. The highest BCUT2D eigenvalue weighted by Crippen LogP contribution is 2.30. The van der Waals surface area contributed by atoms with Gasteiger partial charge in [0.15, 0.2) is 0 Å². The molecule has 0 aliphatic carbocycles. The summed E-state index contributed by atoms with van der Waals surface area (Å²) in [5.41, 5.74) is 3.19. The number of nitrogens with zero attached hydrogens (tertiary/aromatic N) is 4. The number of hydrogen-bond donors (Lipinski definition) is 1. The molecule has 1 N–H and O–H groups in total. The van der Waals surface area contributed by atoms with Crippen LogP contribution in [0.3, 0.4) is 0 Å². The molecule has 134 valence electrons. The number of amides is 1. The van der Waals surface area contributed by atoms with Crippen LogP contribution in [0.25, 0.3) is 16.6 Å². The first-order valence-corrected chi connectivity index (χ1v) is 8.80. The van der Waals surface area contributed by atoms with Crippen molar-refractivity contribution in [2.75, 3.05) is 5.32 Å². The van der Waals surface area contributed by atoms with Crippen molar-refractivity contribution >= 4 is 45.7 Å². The molecule has 0 radical (unpaired) electrons. The number of aryl methyl sites for hydroxylation is 1. The van der Waals surface area contributed by atoms with Gasteiger partial charge in [0.25, 0.3) is 5.91 Å². The van der Waals surface area contributed by atoms with Crippen molar-refractivity contribution in [1.29, 1.82) is 0 Å². The second-order valence-electron chi connectivity index (χ2n) is 5.88. The van der Waals surface area contributed by atoms with Crippen molar-refractivity contribution in [2.24, 2.45) is 0 Å². The van der Waals surface area contributed by atoms with Crippen LogP contribution in [0.1, 0.15) is 15.9 Å². The van der Waals surface area contributed by atoms with Gasteiger partial charge in [-0.25, -0.2) is 9.67 Å². The molecule has 2 heterocycles. The maximum atomic E-state index is 12.7. The van der Waals surface area contributed by atoms with E-state index in [4.69, 9.17) is 23.2 Å². The lowest BCUT2D eigenvalue weighted by molar-refractivity contribution is 0.102. The van der Waals surface area contributed by atoms with Crippen molar-refractivity contribution < 1.29 is 4.79 Å². The number of halogens is 2. The first-order chi connectivity index (χ1) is 13.1. The Hall–Kier alpha value is -2.96. The number of anilines is 1. The molecule has 8 heteroatoms. The zero-order valence-corrected chi connectivity index (χ0v) is 15.7. The lowest BCUT2D eigenvalue weighted by atomic mass is 10.1. The normalized spacial score (nSPS) is 10.9. The number of fused-ring (bicyclic) bond motifs is 1. The van der Waals surface area contributed by atoms with Crippen LogP contribution < -0.4 is 5.32 Å². The summed E-state index contributed by atoms with van der Waals surface area (Å²) in [5.74, 6) is -0.400. The van der Waals surface area contributed by atoms with E-state index in [1.165, 1.54) is 6.33 Å². The number of rotatable bonds is 3. The summed E-state index contributed by atoms with van der Waals surface area (Å²) in [6.07, 6.45) is 4.82. The number of benzene rings is 2. The van der Waals surface area contributed by atoms with E-state index in [1.54, 1.807) is 41.5 Å². The average Bonchev–Trinajstić information content (AvgIpc) is 3.15. The highest BCUT2D eigenvalue weighted by molar-refractivity contribution is 6.40. The molecule has 2 aromatic heterocycles. The van der Waals surface area contributed by atoms with Gasteiger partial charge in [-0.2, -0.15) is 5.10 Å². The molecule has 0 saturated carbocycles. The number of carbonyl (C=O) groups excluding carboxylic acids is 1. The lowest BCUT2D eigenvalue weighted by Gasteiger charge is -2.13. The van der Waals surface area contributed by atoms with Gasteiger partial charge < -0.3 is 5.32 Å². The minimum Gasteiger partial charge on any atom is -0.320 e. The first kappa shape index (κ1) is 17.5. The molecular weight excluding hydrogens is 385 g/mol. The fourth-order valence-corrected chi connectivity index (χ4v) is 3.51. The Morgan fingerprint density at radius 3 is 2.56 bits per heavy atom. The third kappa shape index (κ3) is 3.13. The van der Waals surface area contributed by atoms with Crippen molar-refractivity contribution in [3.05, 3.63) is 76.4 Å². The summed E-state index contributed by atoms with van der Waals surface area (Å²) < 4.78 is 1.68. The van der Waals surface area contributed by atoms with Gasteiger partial charge in [0.2, 0.25) is 0 Å². The van der Waals surface area contributed by atoms with E-state index in [0.29, 0.717) is 11.2 Å². The predicted molar refractivity (Wildman–Crippen MR) is 106 cm³/mol. The minimum atomic E-state index is -0.400. The summed E-state index contributed by atoms with van der Waals surface area (Å²) in [6.45, 7) is 1.94. The van der Waals surface area contributed by atoms with Crippen molar-refractivity contribution in [3.63, 3.8) is 0 Å². The van der Waals surface area contributed by atoms with Crippen LogP contribution in [0.15, 0.2) is 55.2 Å². The summed E-state index contributed by atoms with van der Waals surface area (Å²) >= 11 is 12.3. The first-order valence-electron chi connectivity index (χ1n) is 8.05. The van der Waals surface area contributed by atoms with E-state index < -0.39 is 5.91 Å². The summed E-state index contributed by atoms with van der Waals surface area (Å²) in [4.78, 5) is 21.3. The Morgan fingerprint density at radius 2 is 1.85 bits per heavy atom. The molecule has 0 aliphatic heterocycles. The predicted octanol–water partition coefficient (Wildman–Crippen LogP) is 4.68. The van der Waals surface area contributed by atoms with Gasteiger partial charge in [-0.3, -0.25) is 9.78 Å². The van der Waals surface area contributed by atoms with Gasteiger partial charge in [-0.1, -0.05) is 41.4 Å². The molecule has 0 aliphatic rings. The molecule has 6 nitrogen and oxygen atoms in total. The molecule has 0 bridgehead atoms. The molecular formula is C19H13Cl2N5O. The van der Waals surface area contributed by atoms with Gasteiger partial charge in [0.1, 0.15) is 12.7 Å². The van der Waals surface area contributed by atoms with Gasteiger partial charge >= 0.3 is 0 Å². The maximum Gasteiger partial charge on any atom is 0.258 e. The molecule has 27 heavy (non-hydrogen) atoms. The number of hydrogen-bond acceptors (Lipinski definition) is 4. The Kier molecular flexibility index (Phi) is 4.51. The number of para-hydroxylation sites is 1. The zero-order chi connectivity index (χ0) is 19.0. The lowest BCUT2D eigenvalue weighted by Crippen LogP contribution is -2.14. The van der Waals surface area contributed by atoms with Crippen LogP contribution in [0.5, 0.6) is 0 Å². The fourth-order valence-electron chi connectivity index (χ4n) is 2.94. The zero-order valence-electron chi connectivity index (χ0n) is 14.1. The third-order valence-corrected chi connectivity index (χ3v) is 4.77. The smallest absolute Gasteiger partial charge is 0.258 e. The van der Waals surface area contributed by atoms with E-state index in [-0.39, 0.29) is 15.6 Å². The highest BCUT2D eigenvalue weighted by Gasteiger charge is 2.17. The third-order valence-electron chi connectivity index (χ3n) is 4.14. The maximum absolute atomic E-state index is 12.7. The van der Waals surface area contributed by atoms with Crippen LogP contribution in [-0.4, -0.2) is 25.7 Å². The van der Waals surface area contributed by atoms with Crippen molar-refractivity contribution in [1.82, 2.24) is 19.7 Å². The summed E-state index contributed by atoms with van der Waals surface area (Å²) in [5, 5.41) is 8.48. The highest BCUT2D eigenvalue weighted by atomic mass is 35.5. The average molecular weight is 398 g/mol. The molecule has 0 saturated heterocycles. The minimum absolute atomic E-state index is 0.224. The topological polar surface area (TPSA) is 72.7 Å². The quantitative estimate of drug-likeness (QED) is 0.544. The van der Waals surface area contributed by atoms with Gasteiger partial charge in [0, 0.05) is 11.6 Å². The molecule has 2 aromatic carbocycles. The van der Waals surface area contributed by atoms with Crippen LogP contribution >= 0.6 is 23.2 Å². The van der Waals surface area contributed by atoms with Gasteiger partial charge in [-0.05, 0) is 30.7 Å². The Morgan fingerprint density at radius 1 is 1.11 bits per heavy atom. The van der Waals surface area contributed by atoms with Gasteiger partial charge in [0.05, 0.1) is 32.5 Å². The van der Waals surface area contributed by atoms with Gasteiger partial charge in [-0.15, -0.1) is 0 Å². The second-order valence-corrected chi connectivity index (χ2v) is 6.70. The van der Waals surface area contributed by atoms with E-state index in [2.05, 4.69) is 20.4 Å². The Balaban J connectivity index is 1.82. The molecule has 0 atom stereocenters. The fraction of sp³-hybridized carbons (Fsp3) is 0.0526.